The fourth-order valence-electron chi connectivity index (χ4n) is 2.85. The van der Waals surface area contributed by atoms with Gasteiger partial charge in [0.25, 0.3) is 5.91 Å². The summed E-state index contributed by atoms with van der Waals surface area (Å²) in [5.41, 5.74) is 1.09. The highest BCUT2D eigenvalue weighted by Gasteiger charge is 2.10. The Bertz CT molecular complexity index is 1190. The minimum absolute atomic E-state index is 0.0126. The van der Waals surface area contributed by atoms with E-state index < -0.39 is 18.5 Å². The van der Waals surface area contributed by atoms with Crippen LogP contribution in [0.15, 0.2) is 71.2 Å². The van der Waals surface area contributed by atoms with Crippen molar-refractivity contribution in [1.82, 2.24) is 0 Å². The van der Waals surface area contributed by atoms with Crippen LogP contribution in [0.2, 0.25) is 10.0 Å². The Morgan fingerprint density at radius 2 is 1.37 bits per heavy atom. The SMILES string of the molecule is O=C(CCCC(=O)OCC(=O)Nc1ccc(Br)c(Cl)c1)Nc1ccc(Oc2ccc(Cl)cc2)cc1. The molecule has 0 unspecified atom stereocenters. The zero-order valence-corrected chi connectivity index (χ0v) is 21.5. The van der Waals surface area contributed by atoms with Gasteiger partial charge in [-0.05, 0) is 89.1 Å². The molecule has 182 valence electrons. The number of rotatable bonds is 10. The third-order valence-corrected chi connectivity index (χ3v) is 6.02. The number of esters is 1. The minimum Gasteiger partial charge on any atom is -0.457 e. The Labute approximate surface area is 220 Å². The maximum atomic E-state index is 12.1. The van der Waals surface area contributed by atoms with Gasteiger partial charge in [-0.1, -0.05) is 23.2 Å². The Morgan fingerprint density at radius 3 is 2.03 bits per heavy atom. The average Bonchev–Trinajstić information content (AvgIpc) is 2.83. The standard InChI is InChI=1S/C25H21BrCl2N2O5/c26-21-13-8-18(14-22(21)28)30-24(32)15-34-25(33)3-1-2-23(31)29-17-6-11-20(12-7-17)35-19-9-4-16(27)5-10-19/h4-14H,1-3,15H2,(H,29,31)(H,30,32). The van der Waals surface area contributed by atoms with Crippen LogP contribution in [0.1, 0.15) is 19.3 Å². The van der Waals surface area contributed by atoms with Crippen LogP contribution in [-0.4, -0.2) is 24.4 Å². The van der Waals surface area contributed by atoms with Gasteiger partial charge in [0.1, 0.15) is 11.5 Å². The van der Waals surface area contributed by atoms with Crippen molar-refractivity contribution >= 4 is 68.3 Å². The van der Waals surface area contributed by atoms with E-state index in [4.69, 9.17) is 32.7 Å². The van der Waals surface area contributed by atoms with Gasteiger partial charge in [0.2, 0.25) is 5.91 Å². The Morgan fingerprint density at radius 1 is 0.771 bits per heavy atom. The van der Waals surface area contributed by atoms with E-state index >= 15 is 0 Å². The van der Waals surface area contributed by atoms with Gasteiger partial charge in [0.05, 0.1) is 5.02 Å². The molecule has 0 fully saturated rings. The second-order valence-corrected chi connectivity index (χ2v) is 9.02. The van der Waals surface area contributed by atoms with Gasteiger partial charge in [0.15, 0.2) is 6.61 Å². The third-order valence-electron chi connectivity index (χ3n) is 4.54. The number of nitrogens with one attached hydrogen (secondary N) is 2. The lowest BCUT2D eigenvalue weighted by molar-refractivity contribution is -0.147. The van der Waals surface area contributed by atoms with Crippen LogP contribution in [-0.2, 0) is 19.1 Å². The van der Waals surface area contributed by atoms with Crippen LogP contribution < -0.4 is 15.4 Å². The predicted molar refractivity (Wildman–Crippen MR) is 139 cm³/mol. The van der Waals surface area contributed by atoms with Crippen LogP contribution in [0.4, 0.5) is 11.4 Å². The molecule has 0 bridgehead atoms. The average molecular weight is 580 g/mol. The van der Waals surface area contributed by atoms with Gasteiger partial charge in [-0.3, -0.25) is 14.4 Å². The number of anilines is 2. The molecule has 0 saturated carbocycles. The maximum Gasteiger partial charge on any atom is 0.306 e. The summed E-state index contributed by atoms with van der Waals surface area (Å²) in [6.45, 7) is -0.427. The minimum atomic E-state index is -0.564. The lowest BCUT2D eigenvalue weighted by Crippen LogP contribution is -2.21. The summed E-state index contributed by atoms with van der Waals surface area (Å²) in [6.07, 6.45) is 0.423. The normalized spacial score (nSPS) is 10.4. The molecule has 7 nitrogen and oxygen atoms in total. The Balaban J connectivity index is 1.32. The smallest absolute Gasteiger partial charge is 0.306 e. The highest BCUT2D eigenvalue weighted by Crippen LogP contribution is 2.26. The van der Waals surface area contributed by atoms with Gasteiger partial charge in [-0.2, -0.15) is 0 Å². The van der Waals surface area contributed by atoms with Crippen molar-refractivity contribution in [2.75, 3.05) is 17.2 Å². The van der Waals surface area contributed by atoms with Crippen molar-refractivity contribution in [3.63, 3.8) is 0 Å². The number of ether oxygens (including phenoxy) is 2. The summed E-state index contributed by atoms with van der Waals surface area (Å²) in [5.74, 6) is -0.0360. The molecule has 3 aromatic carbocycles. The van der Waals surface area contributed by atoms with Crippen molar-refractivity contribution < 1.29 is 23.9 Å². The molecule has 0 aliphatic rings. The summed E-state index contributed by atoms with van der Waals surface area (Å²) < 4.78 is 11.4. The van der Waals surface area contributed by atoms with Gasteiger partial charge in [-0.15, -0.1) is 0 Å². The van der Waals surface area contributed by atoms with Crippen LogP contribution in [0.5, 0.6) is 11.5 Å². The first-order chi connectivity index (χ1) is 16.8. The fourth-order valence-corrected chi connectivity index (χ4v) is 3.40. The molecule has 0 saturated heterocycles. The van der Waals surface area contributed by atoms with Gasteiger partial charge >= 0.3 is 5.97 Å². The number of halogens is 3. The van der Waals surface area contributed by atoms with Gasteiger partial charge < -0.3 is 20.1 Å². The second-order valence-electron chi connectivity index (χ2n) is 7.32. The van der Waals surface area contributed by atoms with Crippen molar-refractivity contribution in [1.29, 1.82) is 0 Å². The third kappa shape index (κ3) is 9.24. The number of carbonyl (C=O) groups is 3. The molecule has 3 rings (SSSR count). The highest BCUT2D eigenvalue weighted by atomic mass is 79.9. The van der Waals surface area contributed by atoms with E-state index in [9.17, 15) is 14.4 Å². The number of amides is 2. The summed E-state index contributed by atoms with van der Waals surface area (Å²) in [6, 6.07) is 18.8. The molecule has 0 aromatic heterocycles. The highest BCUT2D eigenvalue weighted by molar-refractivity contribution is 9.10. The molecule has 3 aromatic rings. The molecule has 0 atom stereocenters. The van der Waals surface area contributed by atoms with Crippen molar-refractivity contribution in [3.8, 4) is 11.5 Å². The van der Waals surface area contributed by atoms with E-state index in [1.54, 1.807) is 66.7 Å². The van der Waals surface area contributed by atoms with E-state index in [0.29, 0.717) is 37.4 Å². The number of hydrogen-bond acceptors (Lipinski definition) is 5. The van der Waals surface area contributed by atoms with Crippen LogP contribution in [0, 0.1) is 0 Å². The maximum absolute atomic E-state index is 12.1. The van der Waals surface area contributed by atoms with E-state index in [0.717, 1.165) is 0 Å². The lowest BCUT2D eigenvalue weighted by Gasteiger charge is -2.09. The largest absolute Gasteiger partial charge is 0.457 e. The van der Waals surface area contributed by atoms with Gasteiger partial charge in [0, 0.05) is 33.7 Å². The molecule has 2 amide bonds. The molecular weight excluding hydrogens is 559 g/mol. The Kier molecular flexibility index (Phi) is 9.96. The molecule has 0 aliphatic carbocycles. The number of benzene rings is 3. The monoisotopic (exact) mass is 578 g/mol. The molecule has 2 N–H and O–H groups in total. The zero-order valence-electron chi connectivity index (χ0n) is 18.4. The molecular formula is C25H21BrCl2N2O5. The first-order valence-corrected chi connectivity index (χ1v) is 12.1. The predicted octanol–water partition coefficient (Wildman–Crippen LogP) is 6.84. The quantitative estimate of drug-likeness (QED) is 0.256. The van der Waals surface area contributed by atoms with Crippen molar-refractivity contribution in [3.05, 3.63) is 81.2 Å². The summed E-state index contributed by atoms with van der Waals surface area (Å²) >= 11 is 15.1. The second kappa shape index (κ2) is 13.1. The molecule has 0 heterocycles. The van der Waals surface area contributed by atoms with E-state index in [1.807, 2.05) is 0 Å². The van der Waals surface area contributed by atoms with E-state index in [1.165, 1.54) is 0 Å². The first kappa shape index (κ1) is 26.5. The Hall–Kier alpha value is -3.07. The zero-order chi connectivity index (χ0) is 25.2. The molecule has 35 heavy (non-hydrogen) atoms. The molecule has 10 heteroatoms. The lowest BCUT2D eigenvalue weighted by atomic mass is 10.2. The van der Waals surface area contributed by atoms with Crippen LogP contribution in [0.25, 0.3) is 0 Å². The van der Waals surface area contributed by atoms with Crippen molar-refractivity contribution in [2.24, 2.45) is 0 Å². The summed E-state index contributed by atoms with van der Waals surface area (Å²) in [5, 5.41) is 6.41. The van der Waals surface area contributed by atoms with Crippen molar-refractivity contribution in [2.45, 2.75) is 19.3 Å². The first-order valence-electron chi connectivity index (χ1n) is 10.5. The fraction of sp³-hybridized carbons (Fsp3) is 0.160. The van der Waals surface area contributed by atoms with Crippen LogP contribution >= 0.6 is 39.1 Å². The number of carbonyl (C=O) groups excluding carboxylic acids is 3. The molecule has 0 aliphatic heterocycles. The number of hydrogen-bond donors (Lipinski definition) is 2. The van der Waals surface area contributed by atoms with Gasteiger partial charge in [-0.25, -0.2) is 0 Å². The molecule has 0 radical (unpaired) electrons. The van der Waals surface area contributed by atoms with Crippen LogP contribution in [0.3, 0.4) is 0 Å². The van der Waals surface area contributed by atoms with E-state index in [2.05, 4.69) is 26.6 Å². The molecule has 0 spiro atoms. The van der Waals surface area contributed by atoms with E-state index in [-0.39, 0.29) is 25.2 Å². The summed E-state index contributed by atoms with van der Waals surface area (Å²) in [4.78, 5) is 35.9. The summed E-state index contributed by atoms with van der Waals surface area (Å²) in [7, 11) is 0. The topological polar surface area (TPSA) is 93.7 Å².